The molecule has 4 rings (SSSR count). The predicted octanol–water partition coefficient (Wildman–Crippen LogP) is 2.68. The summed E-state index contributed by atoms with van der Waals surface area (Å²) in [4.78, 5) is 17.8. The lowest BCUT2D eigenvalue weighted by atomic mass is 9.90. The third-order valence-corrected chi connectivity index (χ3v) is 5.19. The lowest BCUT2D eigenvalue weighted by molar-refractivity contribution is 0.188. The number of pyridine rings is 1. The molecular weight excluding hydrogens is 345 g/mol. The molecule has 27 heavy (non-hydrogen) atoms. The Morgan fingerprint density at radius 2 is 2.19 bits per heavy atom. The highest BCUT2D eigenvalue weighted by atomic mass is 19.1. The number of nitrogens with zero attached hydrogens (tertiary/aromatic N) is 5. The van der Waals surface area contributed by atoms with Crippen molar-refractivity contribution in [1.29, 1.82) is 0 Å². The van der Waals surface area contributed by atoms with Gasteiger partial charge < -0.3 is 4.98 Å². The normalized spacial score (nSPS) is 19.9. The van der Waals surface area contributed by atoms with E-state index in [0.29, 0.717) is 12.1 Å². The standard InChI is InChI=1S/C19H22FN7/c1-22-17(18-15-3-7-24-19(15)25-12-27(18)21)13-4-8-26(9-5-13)11-14-2-6-23-10-16(14)20/h2-3,6-7,10,12-13,24H,1,4-5,8-9,11,21H2/b18-17-. The number of allylic oxidation sites excluding steroid dienone is 1. The molecule has 140 valence electrons. The topological polar surface area (TPSA) is 85.9 Å². The fraction of sp³-hybridized carbons (Fsp3) is 0.316. The first kappa shape index (κ1) is 17.6. The van der Waals surface area contributed by atoms with E-state index < -0.39 is 0 Å². The van der Waals surface area contributed by atoms with Gasteiger partial charge in [0.15, 0.2) is 0 Å². The Kier molecular flexibility index (Phi) is 4.83. The summed E-state index contributed by atoms with van der Waals surface area (Å²) >= 11 is 0. The number of aromatic nitrogens is 2. The van der Waals surface area contributed by atoms with Crippen molar-refractivity contribution >= 4 is 24.6 Å². The number of fused-ring (bicyclic) bond motifs is 1. The van der Waals surface area contributed by atoms with Gasteiger partial charge in [0.1, 0.15) is 18.0 Å². The summed E-state index contributed by atoms with van der Waals surface area (Å²) < 4.78 is 13.8. The Morgan fingerprint density at radius 1 is 1.37 bits per heavy atom. The number of aliphatic imine (C=N–C) groups is 2. The number of piperidine rings is 1. The Morgan fingerprint density at radius 3 is 2.93 bits per heavy atom. The number of hydrazine groups is 1. The fourth-order valence-electron chi connectivity index (χ4n) is 3.78. The van der Waals surface area contributed by atoms with Crippen LogP contribution in [-0.4, -0.2) is 46.0 Å². The first-order valence-corrected chi connectivity index (χ1v) is 8.95. The summed E-state index contributed by atoms with van der Waals surface area (Å²) in [6.07, 6.45) is 8.14. The highest BCUT2D eigenvalue weighted by Gasteiger charge is 2.29. The molecular formula is C19H22FN7. The van der Waals surface area contributed by atoms with Crippen molar-refractivity contribution < 1.29 is 4.39 Å². The van der Waals surface area contributed by atoms with Crippen molar-refractivity contribution in [3.63, 3.8) is 0 Å². The van der Waals surface area contributed by atoms with Crippen LogP contribution in [0.3, 0.4) is 0 Å². The number of aromatic amines is 1. The highest BCUT2D eigenvalue weighted by Crippen LogP contribution is 2.37. The third kappa shape index (κ3) is 3.41. The van der Waals surface area contributed by atoms with Gasteiger partial charge in [0.25, 0.3) is 0 Å². The van der Waals surface area contributed by atoms with Crippen LogP contribution in [0, 0.1) is 11.7 Å². The lowest BCUT2D eigenvalue weighted by Gasteiger charge is -2.34. The zero-order valence-corrected chi connectivity index (χ0v) is 15.0. The number of H-pyrrole nitrogens is 1. The Balaban J connectivity index is 1.51. The summed E-state index contributed by atoms with van der Waals surface area (Å²) in [6.45, 7) is 6.09. The van der Waals surface area contributed by atoms with E-state index in [1.165, 1.54) is 11.2 Å². The second kappa shape index (κ2) is 7.42. The van der Waals surface area contributed by atoms with Crippen molar-refractivity contribution in [1.82, 2.24) is 19.9 Å². The molecule has 2 aromatic heterocycles. The maximum Gasteiger partial charge on any atom is 0.145 e. The first-order chi connectivity index (χ1) is 13.2. The average molecular weight is 367 g/mol. The number of likely N-dealkylation sites (tertiary alicyclic amines) is 1. The van der Waals surface area contributed by atoms with Crippen LogP contribution in [0.2, 0.25) is 0 Å². The van der Waals surface area contributed by atoms with Gasteiger partial charge in [-0.1, -0.05) is 0 Å². The summed E-state index contributed by atoms with van der Waals surface area (Å²) in [5.74, 6) is 6.92. The van der Waals surface area contributed by atoms with Crippen LogP contribution in [0.5, 0.6) is 0 Å². The molecule has 0 aliphatic carbocycles. The molecule has 2 aliphatic rings. The minimum atomic E-state index is -0.254. The Labute approximate surface area is 157 Å². The maximum atomic E-state index is 13.8. The molecule has 1 saturated heterocycles. The van der Waals surface area contributed by atoms with Crippen LogP contribution < -0.4 is 5.84 Å². The molecule has 0 spiro atoms. The molecule has 7 nitrogen and oxygen atoms in total. The second-order valence-electron chi connectivity index (χ2n) is 6.80. The van der Waals surface area contributed by atoms with Crippen molar-refractivity contribution in [2.24, 2.45) is 21.7 Å². The number of nitrogens with one attached hydrogen (secondary N) is 1. The van der Waals surface area contributed by atoms with Crippen LogP contribution in [0.4, 0.5) is 10.2 Å². The van der Waals surface area contributed by atoms with E-state index in [4.69, 9.17) is 5.84 Å². The number of hydrogen-bond acceptors (Lipinski definition) is 6. The van der Waals surface area contributed by atoms with Crippen molar-refractivity contribution in [2.45, 2.75) is 19.4 Å². The lowest BCUT2D eigenvalue weighted by Crippen LogP contribution is -2.36. The Bertz CT molecular complexity index is 893. The number of hydrogen-bond donors (Lipinski definition) is 2. The van der Waals surface area contributed by atoms with Crippen LogP contribution in [0.25, 0.3) is 5.70 Å². The first-order valence-electron chi connectivity index (χ1n) is 8.95. The monoisotopic (exact) mass is 367 g/mol. The van der Waals surface area contributed by atoms with Crippen molar-refractivity contribution in [3.8, 4) is 0 Å². The molecule has 0 bridgehead atoms. The average Bonchev–Trinajstić information content (AvgIpc) is 3.16. The van der Waals surface area contributed by atoms with Gasteiger partial charge in [-0.05, 0) is 44.8 Å². The molecule has 2 aromatic rings. The summed E-state index contributed by atoms with van der Waals surface area (Å²) in [6, 6.07) is 3.69. The van der Waals surface area contributed by atoms with Gasteiger partial charge in [-0.15, -0.1) is 0 Å². The molecule has 3 N–H and O–H groups in total. The van der Waals surface area contributed by atoms with Crippen molar-refractivity contribution in [2.75, 3.05) is 13.1 Å². The quantitative estimate of drug-likeness (QED) is 0.643. The molecule has 0 saturated carbocycles. The fourth-order valence-corrected chi connectivity index (χ4v) is 3.78. The van der Waals surface area contributed by atoms with Crippen LogP contribution >= 0.6 is 0 Å². The predicted molar refractivity (Wildman–Crippen MR) is 104 cm³/mol. The summed E-state index contributed by atoms with van der Waals surface area (Å²) in [7, 11) is 0. The summed E-state index contributed by atoms with van der Waals surface area (Å²) in [5.41, 5.74) is 3.34. The summed E-state index contributed by atoms with van der Waals surface area (Å²) in [5, 5.41) is 1.51. The van der Waals surface area contributed by atoms with E-state index >= 15 is 0 Å². The van der Waals surface area contributed by atoms with Gasteiger partial charge in [0.05, 0.1) is 17.6 Å². The van der Waals surface area contributed by atoms with Gasteiger partial charge >= 0.3 is 0 Å². The molecule has 0 aromatic carbocycles. The SMILES string of the molecule is C=N/C(=C1/c2cc[nH]c2N=CN1N)C1CCN(Cc2ccncc2F)CC1. The van der Waals surface area contributed by atoms with E-state index in [1.54, 1.807) is 18.6 Å². The van der Waals surface area contributed by atoms with E-state index in [2.05, 4.69) is 31.6 Å². The van der Waals surface area contributed by atoms with E-state index in [9.17, 15) is 4.39 Å². The zero-order valence-electron chi connectivity index (χ0n) is 15.0. The minimum absolute atomic E-state index is 0.247. The molecule has 0 atom stereocenters. The van der Waals surface area contributed by atoms with Crippen molar-refractivity contribution in [3.05, 3.63) is 53.4 Å². The molecule has 0 amide bonds. The second-order valence-corrected chi connectivity index (χ2v) is 6.80. The van der Waals surface area contributed by atoms with Gasteiger partial charge in [-0.25, -0.2) is 15.2 Å². The molecule has 0 radical (unpaired) electrons. The highest BCUT2D eigenvalue weighted by molar-refractivity contribution is 5.87. The number of rotatable bonds is 4. The van der Waals surface area contributed by atoms with Crippen LogP contribution in [-0.2, 0) is 6.54 Å². The van der Waals surface area contributed by atoms with E-state index in [1.807, 2.05) is 12.3 Å². The van der Waals surface area contributed by atoms with E-state index in [-0.39, 0.29) is 11.7 Å². The molecule has 1 fully saturated rings. The number of halogens is 1. The molecule has 2 aliphatic heterocycles. The minimum Gasteiger partial charge on any atom is -0.346 e. The molecule has 4 heterocycles. The largest absolute Gasteiger partial charge is 0.346 e. The zero-order chi connectivity index (χ0) is 18.8. The van der Waals surface area contributed by atoms with Crippen LogP contribution in [0.15, 0.2) is 46.4 Å². The Hall–Kier alpha value is -2.84. The number of nitrogens with two attached hydrogens (primary N) is 1. The molecule has 0 unspecified atom stereocenters. The van der Waals surface area contributed by atoms with Gasteiger partial charge in [0.2, 0.25) is 0 Å². The van der Waals surface area contributed by atoms with Gasteiger partial charge in [0, 0.05) is 36.0 Å². The van der Waals surface area contributed by atoms with E-state index in [0.717, 1.165) is 48.7 Å². The third-order valence-electron chi connectivity index (χ3n) is 5.19. The smallest absolute Gasteiger partial charge is 0.145 e. The van der Waals surface area contributed by atoms with Gasteiger partial charge in [-0.2, -0.15) is 0 Å². The van der Waals surface area contributed by atoms with Gasteiger partial charge in [-0.3, -0.25) is 19.9 Å². The maximum absolute atomic E-state index is 13.8. The van der Waals surface area contributed by atoms with Crippen LogP contribution in [0.1, 0.15) is 24.0 Å². The molecule has 8 heteroatoms.